The third-order valence-electron chi connectivity index (χ3n) is 5.30. The van der Waals surface area contributed by atoms with Gasteiger partial charge in [-0.15, -0.1) is 10.2 Å². The molecule has 7 heteroatoms. The molecule has 29 heavy (non-hydrogen) atoms. The number of amides is 1. The van der Waals surface area contributed by atoms with E-state index in [1.54, 1.807) is 6.07 Å². The molecule has 0 bridgehead atoms. The molecule has 1 aromatic carbocycles. The molecule has 0 spiro atoms. The molecule has 0 unspecified atom stereocenters. The molecule has 0 atom stereocenters. The van der Waals surface area contributed by atoms with Crippen molar-refractivity contribution >= 4 is 5.91 Å². The number of aromatic nitrogens is 3. The van der Waals surface area contributed by atoms with Crippen LogP contribution in [0.5, 0.6) is 0 Å². The molecule has 3 aromatic rings. The minimum absolute atomic E-state index is 0.131. The van der Waals surface area contributed by atoms with E-state index in [1.165, 1.54) is 29.2 Å². The normalized spacial score (nSPS) is 14.4. The molecule has 0 aliphatic carbocycles. The average molecular weight is 393 g/mol. The first-order valence-corrected chi connectivity index (χ1v) is 10.1. The van der Waals surface area contributed by atoms with Crippen molar-refractivity contribution in [2.45, 2.75) is 39.8 Å². The summed E-state index contributed by atoms with van der Waals surface area (Å²) in [6, 6.07) is 8.41. The highest BCUT2D eigenvalue weighted by molar-refractivity contribution is 5.93. The van der Waals surface area contributed by atoms with Gasteiger partial charge in [-0.3, -0.25) is 9.69 Å². The van der Waals surface area contributed by atoms with Crippen LogP contribution in [0.15, 0.2) is 41.2 Å². The predicted molar refractivity (Wildman–Crippen MR) is 110 cm³/mol. The minimum Gasteiger partial charge on any atom is -0.472 e. The second kappa shape index (κ2) is 8.61. The van der Waals surface area contributed by atoms with Gasteiger partial charge >= 0.3 is 0 Å². The first-order chi connectivity index (χ1) is 14.1. The van der Waals surface area contributed by atoms with Gasteiger partial charge in [-0.05, 0) is 25.5 Å². The van der Waals surface area contributed by atoms with E-state index >= 15 is 0 Å². The van der Waals surface area contributed by atoms with Crippen LogP contribution in [0.1, 0.15) is 38.7 Å². The zero-order chi connectivity index (χ0) is 20.2. The van der Waals surface area contributed by atoms with Crippen LogP contribution < -0.4 is 5.32 Å². The molecule has 0 fully saturated rings. The summed E-state index contributed by atoms with van der Waals surface area (Å²) in [5.74, 6) is 1.83. The standard InChI is InChI=1S/C22H27N5O2/c1-16-11-17(2)13-18(12-16)14-26-7-4-21-25-24-20(27(21)9-8-26)3-6-23-22(28)19-5-10-29-15-19/h5,10-13,15H,3-4,6-9,14H2,1-2H3,(H,23,28). The summed E-state index contributed by atoms with van der Waals surface area (Å²) in [5.41, 5.74) is 4.52. The molecule has 1 aliphatic heterocycles. The number of carbonyl (C=O) groups excluding carboxylic acids is 1. The van der Waals surface area contributed by atoms with Crippen LogP contribution in [-0.2, 0) is 25.9 Å². The number of hydrogen-bond acceptors (Lipinski definition) is 5. The number of furan rings is 1. The zero-order valence-electron chi connectivity index (χ0n) is 17.0. The van der Waals surface area contributed by atoms with Gasteiger partial charge in [0, 0.05) is 45.6 Å². The molecular weight excluding hydrogens is 366 g/mol. The largest absolute Gasteiger partial charge is 0.472 e. The van der Waals surface area contributed by atoms with Crippen LogP contribution in [0.2, 0.25) is 0 Å². The first-order valence-electron chi connectivity index (χ1n) is 10.1. The molecule has 3 heterocycles. The Morgan fingerprint density at radius 2 is 1.97 bits per heavy atom. The number of rotatable bonds is 6. The Balaban J connectivity index is 1.33. The average Bonchev–Trinajstić information content (AvgIpc) is 3.29. The van der Waals surface area contributed by atoms with E-state index < -0.39 is 0 Å². The van der Waals surface area contributed by atoms with Gasteiger partial charge in [0.05, 0.1) is 11.8 Å². The highest BCUT2D eigenvalue weighted by atomic mass is 16.3. The van der Waals surface area contributed by atoms with E-state index in [-0.39, 0.29) is 5.91 Å². The molecule has 0 saturated carbocycles. The van der Waals surface area contributed by atoms with Gasteiger partial charge in [-0.2, -0.15) is 0 Å². The van der Waals surface area contributed by atoms with Crippen LogP contribution >= 0.6 is 0 Å². The van der Waals surface area contributed by atoms with E-state index in [4.69, 9.17) is 4.42 Å². The smallest absolute Gasteiger partial charge is 0.254 e. The summed E-state index contributed by atoms with van der Waals surface area (Å²) in [6.07, 6.45) is 4.49. The number of benzene rings is 1. The fraction of sp³-hybridized carbons (Fsp3) is 0.409. The molecule has 7 nitrogen and oxygen atoms in total. The minimum atomic E-state index is -0.131. The van der Waals surface area contributed by atoms with Crippen molar-refractivity contribution in [1.29, 1.82) is 0 Å². The molecule has 1 aliphatic rings. The van der Waals surface area contributed by atoms with Gasteiger partial charge in [-0.1, -0.05) is 29.3 Å². The lowest BCUT2D eigenvalue weighted by atomic mass is 10.1. The lowest BCUT2D eigenvalue weighted by Gasteiger charge is -2.20. The van der Waals surface area contributed by atoms with Crippen molar-refractivity contribution in [1.82, 2.24) is 25.0 Å². The Labute approximate surface area is 170 Å². The summed E-state index contributed by atoms with van der Waals surface area (Å²) in [4.78, 5) is 14.5. The topological polar surface area (TPSA) is 76.2 Å². The number of nitrogens with zero attached hydrogens (tertiary/aromatic N) is 4. The highest BCUT2D eigenvalue weighted by Gasteiger charge is 2.19. The van der Waals surface area contributed by atoms with Crippen molar-refractivity contribution in [3.8, 4) is 0 Å². The van der Waals surface area contributed by atoms with Crippen molar-refractivity contribution in [2.24, 2.45) is 0 Å². The van der Waals surface area contributed by atoms with Gasteiger partial charge in [0.25, 0.3) is 5.91 Å². The van der Waals surface area contributed by atoms with Gasteiger partial charge < -0.3 is 14.3 Å². The molecule has 4 rings (SSSR count). The third-order valence-corrected chi connectivity index (χ3v) is 5.30. The fourth-order valence-corrected chi connectivity index (χ4v) is 3.97. The van der Waals surface area contributed by atoms with E-state index in [2.05, 4.69) is 57.0 Å². The highest BCUT2D eigenvalue weighted by Crippen LogP contribution is 2.15. The molecule has 152 valence electrons. The SMILES string of the molecule is Cc1cc(C)cc(CN2CCc3nnc(CCNC(=O)c4ccoc4)n3CC2)c1. The van der Waals surface area contributed by atoms with Crippen LogP contribution in [0.25, 0.3) is 0 Å². The Morgan fingerprint density at radius 3 is 2.72 bits per heavy atom. The lowest BCUT2D eigenvalue weighted by molar-refractivity contribution is 0.0953. The van der Waals surface area contributed by atoms with E-state index in [1.807, 2.05) is 0 Å². The third kappa shape index (κ3) is 4.74. The van der Waals surface area contributed by atoms with Gasteiger partial charge in [0.15, 0.2) is 0 Å². The van der Waals surface area contributed by atoms with E-state index in [0.29, 0.717) is 18.5 Å². The van der Waals surface area contributed by atoms with Crippen molar-refractivity contribution < 1.29 is 9.21 Å². The maximum Gasteiger partial charge on any atom is 0.254 e. The van der Waals surface area contributed by atoms with Crippen LogP contribution in [0.3, 0.4) is 0 Å². The van der Waals surface area contributed by atoms with Crippen LogP contribution in [0.4, 0.5) is 0 Å². The number of aryl methyl sites for hydroxylation is 2. The molecule has 1 N–H and O–H groups in total. The second-order valence-corrected chi connectivity index (χ2v) is 7.72. The fourth-order valence-electron chi connectivity index (χ4n) is 3.97. The van der Waals surface area contributed by atoms with E-state index in [0.717, 1.165) is 44.2 Å². The Kier molecular flexibility index (Phi) is 5.76. The van der Waals surface area contributed by atoms with E-state index in [9.17, 15) is 4.79 Å². The van der Waals surface area contributed by atoms with Gasteiger partial charge in [0.2, 0.25) is 0 Å². The maximum atomic E-state index is 12.0. The molecule has 2 aromatic heterocycles. The zero-order valence-corrected chi connectivity index (χ0v) is 17.0. The summed E-state index contributed by atoms with van der Waals surface area (Å²) >= 11 is 0. The molecule has 0 saturated heterocycles. The number of carbonyl (C=O) groups is 1. The Morgan fingerprint density at radius 1 is 1.14 bits per heavy atom. The van der Waals surface area contributed by atoms with Crippen LogP contribution in [0, 0.1) is 13.8 Å². The monoisotopic (exact) mass is 393 g/mol. The Bertz CT molecular complexity index is 957. The summed E-state index contributed by atoms with van der Waals surface area (Å²) in [7, 11) is 0. The predicted octanol–water partition coefficient (Wildman–Crippen LogP) is 2.52. The van der Waals surface area contributed by atoms with Gasteiger partial charge in [-0.25, -0.2) is 0 Å². The maximum absolute atomic E-state index is 12.0. The molecular formula is C22H27N5O2. The van der Waals surface area contributed by atoms with Crippen molar-refractivity contribution in [3.63, 3.8) is 0 Å². The Hall–Kier alpha value is -2.93. The quantitative estimate of drug-likeness (QED) is 0.696. The van der Waals surface area contributed by atoms with Crippen LogP contribution in [-0.4, -0.2) is 45.2 Å². The van der Waals surface area contributed by atoms with Gasteiger partial charge in [0.1, 0.15) is 17.9 Å². The lowest BCUT2D eigenvalue weighted by Crippen LogP contribution is -2.28. The number of hydrogen-bond donors (Lipinski definition) is 1. The van der Waals surface area contributed by atoms with Crippen molar-refractivity contribution in [3.05, 3.63) is 70.7 Å². The molecule has 1 amide bonds. The summed E-state index contributed by atoms with van der Waals surface area (Å²) in [6.45, 7) is 8.59. The number of fused-ring (bicyclic) bond motifs is 1. The summed E-state index contributed by atoms with van der Waals surface area (Å²) < 4.78 is 7.16. The second-order valence-electron chi connectivity index (χ2n) is 7.72. The first kappa shape index (κ1) is 19.4. The van der Waals surface area contributed by atoms with Crippen molar-refractivity contribution in [2.75, 3.05) is 19.6 Å². The number of nitrogens with one attached hydrogen (secondary N) is 1. The summed E-state index contributed by atoms with van der Waals surface area (Å²) in [5, 5.41) is 11.7. The molecule has 0 radical (unpaired) electrons.